The molecular formula is C15H16N2O3S. The Kier molecular flexibility index (Phi) is 3.41. The van der Waals surface area contributed by atoms with E-state index in [4.69, 9.17) is 0 Å². The Hall–Kier alpha value is -1.95. The number of nitrogens with zero attached hydrogens (tertiary/aromatic N) is 2. The zero-order valence-corrected chi connectivity index (χ0v) is 12.5. The molecular weight excluding hydrogens is 288 g/mol. The molecule has 6 heteroatoms. The smallest absolute Gasteiger partial charge is 0.272 e. The third kappa shape index (κ3) is 2.76. The Bertz CT molecular complexity index is 801. The van der Waals surface area contributed by atoms with Crippen molar-refractivity contribution >= 4 is 26.6 Å². The summed E-state index contributed by atoms with van der Waals surface area (Å²) in [5, 5.41) is 0.972. The Morgan fingerprint density at radius 1 is 1.24 bits per heavy atom. The van der Waals surface area contributed by atoms with Crippen LogP contribution in [0.15, 0.2) is 36.4 Å². The molecule has 1 aromatic heterocycles. The molecule has 21 heavy (non-hydrogen) atoms. The molecule has 5 nitrogen and oxygen atoms in total. The van der Waals surface area contributed by atoms with Crippen LogP contribution in [-0.4, -0.2) is 48.8 Å². The predicted octanol–water partition coefficient (Wildman–Crippen LogP) is 1.49. The molecule has 3 rings (SSSR count). The largest absolute Gasteiger partial charge is 0.336 e. The Balaban J connectivity index is 1.86. The minimum absolute atomic E-state index is 0.0445. The van der Waals surface area contributed by atoms with Crippen LogP contribution < -0.4 is 0 Å². The molecule has 0 aliphatic carbocycles. The fraction of sp³-hybridized carbons (Fsp3) is 0.333. The second-order valence-electron chi connectivity index (χ2n) is 5.36. The van der Waals surface area contributed by atoms with Crippen molar-refractivity contribution in [3.63, 3.8) is 0 Å². The molecule has 1 aliphatic heterocycles. The third-order valence-electron chi connectivity index (χ3n) is 3.89. The van der Waals surface area contributed by atoms with Gasteiger partial charge in [-0.15, -0.1) is 0 Å². The molecule has 0 saturated carbocycles. The number of para-hydroxylation sites is 1. The van der Waals surface area contributed by atoms with E-state index in [2.05, 4.69) is 4.98 Å². The van der Waals surface area contributed by atoms with Crippen molar-refractivity contribution in [1.82, 2.24) is 9.88 Å². The van der Waals surface area contributed by atoms with Crippen LogP contribution >= 0.6 is 0 Å². The van der Waals surface area contributed by atoms with Crippen molar-refractivity contribution in [2.45, 2.75) is 12.5 Å². The van der Waals surface area contributed by atoms with Gasteiger partial charge in [0.15, 0.2) is 9.84 Å². The molecule has 1 fully saturated rings. The predicted molar refractivity (Wildman–Crippen MR) is 80.9 cm³/mol. The number of sulfone groups is 1. The molecule has 110 valence electrons. The van der Waals surface area contributed by atoms with E-state index in [0.717, 1.165) is 10.9 Å². The average Bonchev–Trinajstić information content (AvgIpc) is 2.85. The Labute approximate surface area is 123 Å². The maximum atomic E-state index is 12.5. The number of amides is 1. The van der Waals surface area contributed by atoms with Gasteiger partial charge in [0, 0.05) is 18.5 Å². The highest BCUT2D eigenvalue weighted by Crippen LogP contribution is 2.19. The highest BCUT2D eigenvalue weighted by molar-refractivity contribution is 7.91. The molecule has 0 N–H and O–H groups in total. The molecule has 1 atom stereocenters. The van der Waals surface area contributed by atoms with E-state index in [9.17, 15) is 13.2 Å². The van der Waals surface area contributed by atoms with Crippen LogP contribution in [-0.2, 0) is 9.84 Å². The Morgan fingerprint density at radius 3 is 2.71 bits per heavy atom. The number of hydrogen-bond acceptors (Lipinski definition) is 4. The van der Waals surface area contributed by atoms with Gasteiger partial charge in [-0.25, -0.2) is 13.4 Å². The quantitative estimate of drug-likeness (QED) is 0.843. The SMILES string of the molecule is CN(C(=O)c1ccc2ccccc2n1)[C@H]1CCS(=O)(=O)C1. The second kappa shape index (κ2) is 5.11. The monoisotopic (exact) mass is 304 g/mol. The maximum Gasteiger partial charge on any atom is 0.272 e. The Morgan fingerprint density at radius 2 is 2.00 bits per heavy atom. The fourth-order valence-corrected chi connectivity index (χ4v) is 4.39. The minimum Gasteiger partial charge on any atom is -0.336 e. The van der Waals surface area contributed by atoms with Crippen molar-refractivity contribution in [2.24, 2.45) is 0 Å². The summed E-state index contributed by atoms with van der Waals surface area (Å²) in [7, 11) is -1.36. The number of carbonyl (C=O) groups excluding carboxylic acids is 1. The summed E-state index contributed by atoms with van der Waals surface area (Å²) in [6.07, 6.45) is 0.498. The molecule has 0 spiro atoms. The molecule has 1 aliphatic rings. The number of pyridine rings is 1. The van der Waals surface area contributed by atoms with E-state index in [1.807, 2.05) is 30.3 Å². The topological polar surface area (TPSA) is 67.3 Å². The van der Waals surface area contributed by atoms with Crippen LogP contribution in [0.2, 0.25) is 0 Å². The average molecular weight is 304 g/mol. The summed E-state index contributed by atoms with van der Waals surface area (Å²) in [6.45, 7) is 0. The van der Waals surface area contributed by atoms with Crippen molar-refractivity contribution in [3.8, 4) is 0 Å². The molecule has 0 bridgehead atoms. The van der Waals surface area contributed by atoms with E-state index in [-0.39, 0.29) is 23.5 Å². The van der Waals surface area contributed by atoms with Gasteiger partial charge in [-0.1, -0.05) is 24.3 Å². The molecule has 0 radical (unpaired) electrons. The number of aromatic nitrogens is 1. The lowest BCUT2D eigenvalue weighted by Crippen LogP contribution is -2.38. The molecule has 0 unspecified atom stereocenters. The summed E-state index contributed by atoms with van der Waals surface area (Å²) in [5.41, 5.74) is 1.11. The van der Waals surface area contributed by atoms with Gasteiger partial charge in [-0.05, 0) is 18.6 Å². The van der Waals surface area contributed by atoms with Gasteiger partial charge < -0.3 is 4.90 Å². The van der Waals surface area contributed by atoms with E-state index in [1.54, 1.807) is 13.1 Å². The van der Waals surface area contributed by atoms with E-state index < -0.39 is 9.84 Å². The van der Waals surface area contributed by atoms with Crippen LogP contribution in [0.5, 0.6) is 0 Å². The van der Waals surface area contributed by atoms with Crippen molar-refractivity contribution in [2.75, 3.05) is 18.6 Å². The summed E-state index contributed by atoms with van der Waals surface area (Å²) in [5.74, 6) is -0.0358. The van der Waals surface area contributed by atoms with Gasteiger partial charge in [-0.2, -0.15) is 0 Å². The summed E-state index contributed by atoms with van der Waals surface area (Å²) < 4.78 is 23.1. The van der Waals surface area contributed by atoms with Crippen molar-refractivity contribution < 1.29 is 13.2 Å². The van der Waals surface area contributed by atoms with Crippen LogP contribution in [0, 0.1) is 0 Å². The summed E-state index contributed by atoms with van der Waals surface area (Å²) >= 11 is 0. The van der Waals surface area contributed by atoms with Gasteiger partial charge in [-0.3, -0.25) is 4.79 Å². The van der Waals surface area contributed by atoms with E-state index >= 15 is 0 Å². The van der Waals surface area contributed by atoms with Gasteiger partial charge in [0.25, 0.3) is 5.91 Å². The number of carbonyl (C=O) groups is 1. The van der Waals surface area contributed by atoms with Crippen LogP contribution in [0.25, 0.3) is 10.9 Å². The normalized spacial score (nSPS) is 20.5. The number of fused-ring (bicyclic) bond motifs is 1. The third-order valence-corrected chi connectivity index (χ3v) is 5.64. The zero-order chi connectivity index (χ0) is 15.0. The first kappa shape index (κ1) is 14.0. The molecule has 2 heterocycles. The van der Waals surface area contributed by atoms with Gasteiger partial charge in [0.05, 0.1) is 17.0 Å². The van der Waals surface area contributed by atoms with Crippen LogP contribution in [0.1, 0.15) is 16.9 Å². The van der Waals surface area contributed by atoms with Crippen LogP contribution in [0.3, 0.4) is 0 Å². The lowest BCUT2D eigenvalue weighted by molar-refractivity contribution is 0.0742. The lowest BCUT2D eigenvalue weighted by atomic mass is 10.1. The van der Waals surface area contributed by atoms with Gasteiger partial charge >= 0.3 is 0 Å². The van der Waals surface area contributed by atoms with Crippen molar-refractivity contribution in [3.05, 3.63) is 42.1 Å². The van der Waals surface area contributed by atoms with Crippen molar-refractivity contribution in [1.29, 1.82) is 0 Å². The van der Waals surface area contributed by atoms with Gasteiger partial charge in [0.2, 0.25) is 0 Å². The first-order valence-corrected chi connectivity index (χ1v) is 8.62. The lowest BCUT2D eigenvalue weighted by Gasteiger charge is -2.23. The van der Waals surface area contributed by atoms with E-state index in [0.29, 0.717) is 12.1 Å². The molecule has 1 aromatic carbocycles. The molecule has 2 aromatic rings. The minimum atomic E-state index is -3.01. The zero-order valence-electron chi connectivity index (χ0n) is 11.7. The first-order valence-electron chi connectivity index (χ1n) is 6.80. The number of benzene rings is 1. The molecule has 1 saturated heterocycles. The summed E-state index contributed by atoms with van der Waals surface area (Å²) in [4.78, 5) is 18.3. The van der Waals surface area contributed by atoms with Crippen LogP contribution in [0.4, 0.5) is 0 Å². The van der Waals surface area contributed by atoms with Gasteiger partial charge in [0.1, 0.15) is 5.69 Å². The second-order valence-corrected chi connectivity index (χ2v) is 7.59. The number of hydrogen-bond donors (Lipinski definition) is 0. The highest BCUT2D eigenvalue weighted by atomic mass is 32.2. The standard InChI is InChI=1S/C15H16N2O3S/c1-17(12-8-9-21(19,20)10-12)15(18)14-7-6-11-4-2-3-5-13(11)16-14/h2-7,12H,8-10H2,1H3/t12-/m0/s1. The first-order chi connectivity index (χ1) is 9.96. The maximum absolute atomic E-state index is 12.5. The molecule has 1 amide bonds. The fourth-order valence-electron chi connectivity index (χ4n) is 2.61. The highest BCUT2D eigenvalue weighted by Gasteiger charge is 2.33. The number of rotatable bonds is 2. The van der Waals surface area contributed by atoms with E-state index in [1.165, 1.54) is 4.90 Å². The summed E-state index contributed by atoms with van der Waals surface area (Å²) in [6, 6.07) is 10.9.